The SMILES string of the molecule is CNc1ccc(C(=O)N2CCC(Nc3ncc(Cl)c(-c4c[nH]c5ccccc45)n3)CC2)cc1C. The fourth-order valence-corrected chi connectivity index (χ4v) is 4.76. The number of nitrogens with one attached hydrogen (secondary N) is 3. The van der Waals surface area contributed by atoms with Gasteiger partial charge in [0.1, 0.15) is 0 Å². The van der Waals surface area contributed by atoms with Crippen LogP contribution in [0.2, 0.25) is 5.02 Å². The highest BCUT2D eigenvalue weighted by atomic mass is 35.5. The largest absolute Gasteiger partial charge is 0.388 e. The van der Waals surface area contributed by atoms with Gasteiger partial charge in [-0.1, -0.05) is 29.8 Å². The van der Waals surface area contributed by atoms with Crippen LogP contribution in [0.3, 0.4) is 0 Å². The number of piperidine rings is 1. The van der Waals surface area contributed by atoms with E-state index in [0.717, 1.165) is 46.1 Å². The number of H-pyrrole nitrogens is 1. The van der Waals surface area contributed by atoms with Crippen molar-refractivity contribution in [2.45, 2.75) is 25.8 Å². The number of carbonyl (C=O) groups is 1. The molecule has 2 aromatic carbocycles. The van der Waals surface area contributed by atoms with Crippen molar-refractivity contribution in [1.82, 2.24) is 19.9 Å². The van der Waals surface area contributed by atoms with Gasteiger partial charge in [-0.05, 0) is 49.6 Å². The third-order valence-electron chi connectivity index (χ3n) is 6.45. The Morgan fingerprint density at radius 2 is 1.97 bits per heavy atom. The molecule has 34 heavy (non-hydrogen) atoms. The number of halogens is 1. The molecule has 1 amide bonds. The molecule has 1 saturated heterocycles. The van der Waals surface area contributed by atoms with Gasteiger partial charge in [-0.2, -0.15) is 0 Å². The summed E-state index contributed by atoms with van der Waals surface area (Å²) < 4.78 is 0. The maximum Gasteiger partial charge on any atom is 0.253 e. The molecule has 3 heterocycles. The van der Waals surface area contributed by atoms with Crippen LogP contribution in [0.1, 0.15) is 28.8 Å². The van der Waals surface area contributed by atoms with Crippen molar-refractivity contribution >= 4 is 40.0 Å². The zero-order valence-corrected chi connectivity index (χ0v) is 20.0. The lowest BCUT2D eigenvalue weighted by Gasteiger charge is -2.32. The topological polar surface area (TPSA) is 85.9 Å². The number of rotatable bonds is 5. The highest BCUT2D eigenvalue weighted by molar-refractivity contribution is 6.33. The molecule has 0 radical (unpaired) electrons. The van der Waals surface area contributed by atoms with Crippen LogP contribution in [0.15, 0.2) is 54.9 Å². The minimum atomic E-state index is 0.0774. The number of aromatic nitrogens is 3. The summed E-state index contributed by atoms with van der Waals surface area (Å²) in [5, 5.41) is 8.16. The predicted molar refractivity (Wildman–Crippen MR) is 138 cm³/mol. The van der Waals surface area contributed by atoms with Crippen LogP contribution in [0.4, 0.5) is 11.6 Å². The van der Waals surface area contributed by atoms with Crippen molar-refractivity contribution in [3.05, 3.63) is 71.0 Å². The van der Waals surface area contributed by atoms with Crippen LogP contribution in [0, 0.1) is 6.92 Å². The van der Waals surface area contributed by atoms with Crippen molar-refractivity contribution in [3.8, 4) is 11.3 Å². The van der Waals surface area contributed by atoms with E-state index in [2.05, 4.69) is 20.6 Å². The van der Waals surface area contributed by atoms with Crippen LogP contribution >= 0.6 is 11.6 Å². The summed E-state index contributed by atoms with van der Waals surface area (Å²) in [5.41, 5.74) is 5.52. The van der Waals surface area contributed by atoms with Crippen LogP contribution in [0.5, 0.6) is 0 Å². The molecule has 4 aromatic rings. The molecule has 174 valence electrons. The molecular formula is C26H27ClN6O. The fraction of sp³-hybridized carbons (Fsp3) is 0.269. The predicted octanol–water partition coefficient (Wildman–Crippen LogP) is 5.35. The number of para-hydroxylation sites is 1. The van der Waals surface area contributed by atoms with Crippen LogP contribution in [-0.4, -0.2) is 51.9 Å². The van der Waals surface area contributed by atoms with Crippen LogP contribution in [0.25, 0.3) is 22.2 Å². The third kappa shape index (κ3) is 4.31. The zero-order chi connectivity index (χ0) is 23.7. The summed E-state index contributed by atoms with van der Waals surface area (Å²) in [7, 11) is 1.88. The Morgan fingerprint density at radius 3 is 2.74 bits per heavy atom. The lowest BCUT2D eigenvalue weighted by Crippen LogP contribution is -2.42. The molecule has 0 atom stereocenters. The molecule has 0 bridgehead atoms. The van der Waals surface area contributed by atoms with E-state index in [1.165, 1.54) is 0 Å². The first-order valence-corrected chi connectivity index (χ1v) is 11.8. The molecule has 7 nitrogen and oxygen atoms in total. The van der Waals surface area contributed by atoms with E-state index in [9.17, 15) is 4.79 Å². The monoisotopic (exact) mass is 474 g/mol. The van der Waals surface area contributed by atoms with E-state index in [1.54, 1.807) is 6.20 Å². The molecule has 0 unspecified atom stereocenters. The number of nitrogens with zero attached hydrogens (tertiary/aromatic N) is 3. The molecule has 0 spiro atoms. The van der Waals surface area contributed by atoms with E-state index >= 15 is 0 Å². The quantitative estimate of drug-likeness (QED) is 0.363. The molecule has 0 aliphatic carbocycles. The second kappa shape index (κ2) is 9.35. The Labute approximate surface area is 203 Å². The van der Waals surface area contributed by atoms with Gasteiger partial charge >= 0.3 is 0 Å². The Hall–Kier alpha value is -3.58. The van der Waals surface area contributed by atoms with E-state index in [4.69, 9.17) is 16.6 Å². The van der Waals surface area contributed by atoms with Gasteiger partial charge in [0.05, 0.1) is 16.9 Å². The minimum Gasteiger partial charge on any atom is -0.388 e. The first-order chi connectivity index (χ1) is 16.5. The fourth-order valence-electron chi connectivity index (χ4n) is 4.56. The molecular weight excluding hydrogens is 448 g/mol. The minimum absolute atomic E-state index is 0.0774. The summed E-state index contributed by atoms with van der Waals surface area (Å²) in [4.78, 5) is 27.3. The van der Waals surface area contributed by atoms with Gasteiger partial charge in [-0.25, -0.2) is 9.97 Å². The number of hydrogen-bond acceptors (Lipinski definition) is 5. The van der Waals surface area contributed by atoms with Crippen molar-refractivity contribution in [1.29, 1.82) is 0 Å². The van der Waals surface area contributed by atoms with E-state index in [0.29, 0.717) is 29.8 Å². The number of likely N-dealkylation sites (tertiary alicyclic amines) is 1. The average Bonchev–Trinajstić information content (AvgIpc) is 3.29. The van der Waals surface area contributed by atoms with Crippen LogP contribution in [-0.2, 0) is 0 Å². The number of hydrogen-bond donors (Lipinski definition) is 3. The van der Waals surface area contributed by atoms with E-state index < -0.39 is 0 Å². The summed E-state index contributed by atoms with van der Waals surface area (Å²) in [6.07, 6.45) is 5.23. The Kier molecular flexibility index (Phi) is 6.11. The van der Waals surface area contributed by atoms with Crippen molar-refractivity contribution in [2.24, 2.45) is 0 Å². The van der Waals surface area contributed by atoms with Gasteiger partial charge < -0.3 is 20.5 Å². The first kappa shape index (κ1) is 22.2. The van der Waals surface area contributed by atoms with Gasteiger partial charge in [0, 0.05) is 60.1 Å². The van der Waals surface area contributed by atoms with Crippen molar-refractivity contribution in [2.75, 3.05) is 30.8 Å². The lowest BCUT2D eigenvalue weighted by molar-refractivity contribution is 0.0718. The van der Waals surface area contributed by atoms with E-state index in [1.807, 2.05) is 67.5 Å². The third-order valence-corrected chi connectivity index (χ3v) is 6.72. The zero-order valence-electron chi connectivity index (χ0n) is 19.2. The summed E-state index contributed by atoms with van der Waals surface area (Å²) >= 11 is 6.46. The number of fused-ring (bicyclic) bond motifs is 1. The second-order valence-corrected chi connectivity index (χ2v) is 9.04. The number of aryl methyl sites for hydroxylation is 1. The van der Waals surface area contributed by atoms with Crippen molar-refractivity contribution < 1.29 is 4.79 Å². The standard InChI is InChI=1S/C26H27ClN6O/c1-16-13-17(7-8-22(16)28-2)25(34)33-11-9-18(10-12-33)31-26-30-15-21(27)24(32-26)20-14-29-23-6-4-3-5-19(20)23/h3-8,13-15,18,28-29H,9-12H2,1-2H3,(H,30,31,32). The average molecular weight is 475 g/mol. The summed E-state index contributed by atoms with van der Waals surface area (Å²) in [5.74, 6) is 0.626. The number of aromatic amines is 1. The molecule has 3 N–H and O–H groups in total. The van der Waals surface area contributed by atoms with Gasteiger partial charge in [0.25, 0.3) is 5.91 Å². The van der Waals surface area contributed by atoms with E-state index in [-0.39, 0.29) is 11.9 Å². The summed E-state index contributed by atoms with van der Waals surface area (Å²) in [6, 6.07) is 14.1. The molecule has 1 fully saturated rings. The maximum atomic E-state index is 13.0. The molecule has 5 rings (SSSR count). The number of anilines is 2. The van der Waals surface area contributed by atoms with Gasteiger partial charge in [0.2, 0.25) is 5.95 Å². The highest BCUT2D eigenvalue weighted by Crippen LogP contribution is 2.32. The summed E-state index contributed by atoms with van der Waals surface area (Å²) in [6.45, 7) is 3.38. The normalized spacial score (nSPS) is 14.4. The lowest BCUT2D eigenvalue weighted by atomic mass is 10.0. The number of benzene rings is 2. The molecule has 8 heteroatoms. The van der Waals surface area contributed by atoms with Gasteiger partial charge in [0.15, 0.2) is 0 Å². The number of carbonyl (C=O) groups excluding carboxylic acids is 1. The Bertz CT molecular complexity index is 1340. The smallest absolute Gasteiger partial charge is 0.253 e. The molecule has 1 aliphatic heterocycles. The van der Waals surface area contributed by atoms with Gasteiger partial charge in [-0.15, -0.1) is 0 Å². The van der Waals surface area contributed by atoms with Crippen molar-refractivity contribution in [3.63, 3.8) is 0 Å². The first-order valence-electron chi connectivity index (χ1n) is 11.5. The molecule has 0 saturated carbocycles. The number of amides is 1. The van der Waals surface area contributed by atoms with Crippen LogP contribution < -0.4 is 10.6 Å². The Morgan fingerprint density at radius 1 is 1.18 bits per heavy atom. The van der Waals surface area contributed by atoms with Gasteiger partial charge in [-0.3, -0.25) is 4.79 Å². The molecule has 1 aliphatic rings. The Balaban J connectivity index is 1.26. The second-order valence-electron chi connectivity index (χ2n) is 8.63. The molecule has 2 aromatic heterocycles. The maximum absolute atomic E-state index is 13.0. The highest BCUT2D eigenvalue weighted by Gasteiger charge is 2.25.